The van der Waals surface area contributed by atoms with E-state index in [2.05, 4.69) is 10.4 Å². The number of para-hydroxylation sites is 1. The number of halogens is 3. The van der Waals surface area contributed by atoms with Gasteiger partial charge in [-0.25, -0.2) is 18.7 Å². The Labute approximate surface area is 175 Å². The summed E-state index contributed by atoms with van der Waals surface area (Å²) in [6.45, 7) is -0.589. The molecule has 0 saturated carbocycles. The molecule has 5 atom stereocenters. The zero-order chi connectivity index (χ0) is 22.5. The Bertz CT molecular complexity index is 924. The number of ether oxygens (including phenoxy) is 2. The first kappa shape index (κ1) is 22.7. The van der Waals surface area contributed by atoms with Crippen LogP contribution in [0.25, 0.3) is 5.70 Å². The van der Waals surface area contributed by atoms with Crippen LogP contribution in [-0.2, 0) is 4.74 Å². The van der Waals surface area contributed by atoms with E-state index in [9.17, 15) is 28.5 Å². The Morgan fingerprint density at radius 1 is 1.13 bits per heavy atom. The summed E-state index contributed by atoms with van der Waals surface area (Å²) in [5.41, 5.74) is 6.69. The van der Waals surface area contributed by atoms with E-state index in [4.69, 9.17) is 15.0 Å². The van der Waals surface area contributed by atoms with Crippen LogP contribution in [0.2, 0.25) is 0 Å². The van der Waals surface area contributed by atoms with Gasteiger partial charge in [-0.1, -0.05) is 18.2 Å². The standard InChI is InChI=1S/C20H20F3N3O5/c21-12-6-10(7-13(22)16(12)23)14(26-24)8-25-17-18(28)15(9-27)31-20(19(17)29)30-11-4-2-1-3-5-11/h1-8,15,17-20,24-25,27-29H,9H2/b14-8-,26-24?/t15?,17?,18-,19?,20-/m0/s1. The average molecular weight is 439 g/mol. The summed E-state index contributed by atoms with van der Waals surface area (Å²) in [4.78, 5) is 0. The molecule has 2 aromatic carbocycles. The van der Waals surface area contributed by atoms with Gasteiger partial charge in [0.15, 0.2) is 17.5 Å². The van der Waals surface area contributed by atoms with Gasteiger partial charge in [-0.2, -0.15) is 5.11 Å². The first-order valence-corrected chi connectivity index (χ1v) is 9.18. The molecule has 0 amide bonds. The zero-order valence-electron chi connectivity index (χ0n) is 16.0. The summed E-state index contributed by atoms with van der Waals surface area (Å²) in [6, 6.07) is 8.52. The van der Waals surface area contributed by atoms with Crippen molar-refractivity contribution in [2.45, 2.75) is 30.6 Å². The Morgan fingerprint density at radius 2 is 1.77 bits per heavy atom. The molecule has 0 aromatic heterocycles. The maximum atomic E-state index is 13.5. The summed E-state index contributed by atoms with van der Waals surface area (Å²) in [5, 5.41) is 36.3. The first-order chi connectivity index (χ1) is 14.8. The summed E-state index contributed by atoms with van der Waals surface area (Å²) < 4.78 is 51.2. The fourth-order valence-corrected chi connectivity index (χ4v) is 3.07. The number of hydrogen-bond donors (Lipinski definition) is 5. The van der Waals surface area contributed by atoms with Crippen LogP contribution in [-0.4, -0.2) is 52.6 Å². The number of aliphatic hydroxyl groups is 3. The fourth-order valence-electron chi connectivity index (χ4n) is 3.07. The van der Waals surface area contributed by atoms with Gasteiger partial charge in [-0.05, 0) is 24.3 Å². The predicted molar refractivity (Wildman–Crippen MR) is 101 cm³/mol. The molecule has 1 aliphatic heterocycles. The van der Waals surface area contributed by atoms with Gasteiger partial charge >= 0.3 is 0 Å². The van der Waals surface area contributed by atoms with Gasteiger partial charge in [0.25, 0.3) is 0 Å². The molecule has 3 rings (SSSR count). The second-order valence-corrected chi connectivity index (χ2v) is 6.73. The number of benzene rings is 2. The molecule has 11 heteroatoms. The van der Waals surface area contributed by atoms with E-state index in [0.717, 1.165) is 6.20 Å². The van der Waals surface area contributed by atoms with Crippen LogP contribution in [0.15, 0.2) is 53.8 Å². The topological polar surface area (TPSA) is 127 Å². The minimum atomic E-state index is -1.66. The number of nitrogens with zero attached hydrogens (tertiary/aromatic N) is 1. The molecule has 3 unspecified atom stereocenters. The van der Waals surface area contributed by atoms with Crippen molar-refractivity contribution in [3.8, 4) is 5.75 Å². The lowest BCUT2D eigenvalue weighted by molar-refractivity contribution is -0.250. The summed E-state index contributed by atoms with van der Waals surface area (Å²) >= 11 is 0. The number of rotatable bonds is 7. The van der Waals surface area contributed by atoms with E-state index in [-0.39, 0.29) is 11.3 Å². The SMILES string of the molecule is N=N/C(=C\NC1C(O)[C@@H](Oc2ccccc2)OC(CO)[C@@H]1O)c1cc(F)c(F)c(F)c1. The molecule has 31 heavy (non-hydrogen) atoms. The van der Waals surface area contributed by atoms with Crippen molar-refractivity contribution in [2.75, 3.05) is 6.61 Å². The Kier molecular flexibility index (Phi) is 7.23. The number of nitrogens with one attached hydrogen (secondary N) is 2. The molecule has 1 heterocycles. The van der Waals surface area contributed by atoms with Gasteiger partial charge in [0.05, 0.1) is 12.6 Å². The molecule has 0 aliphatic carbocycles. The predicted octanol–water partition coefficient (Wildman–Crippen LogP) is 1.91. The van der Waals surface area contributed by atoms with Gasteiger partial charge in [0.1, 0.15) is 29.8 Å². The lowest BCUT2D eigenvalue weighted by Gasteiger charge is -2.42. The van der Waals surface area contributed by atoms with Gasteiger partial charge in [-0.3, -0.25) is 0 Å². The van der Waals surface area contributed by atoms with E-state index < -0.39 is 54.7 Å². The molecule has 0 radical (unpaired) electrons. The quantitative estimate of drug-likeness (QED) is 0.331. The molecule has 0 bridgehead atoms. The lowest BCUT2D eigenvalue weighted by atomic mass is 9.96. The maximum absolute atomic E-state index is 13.5. The summed E-state index contributed by atoms with van der Waals surface area (Å²) in [7, 11) is 0. The molecule has 1 fully saturated rings. The van der Waals surface area contributed by atoms with Gasteiger partial charge in [-0.15, -0.1) is 0 Å². The van der Waals surface area contributed by atoms with Crippen LogP contribution < -0.4 is 10.1 Å². The van der Waals surface area contributed by atoms with Crippen LogP contribution in [0.1, 0.15) is 5.56 Å². The zero-order valence-corrected chi connectivity index (χ0v) is 16.0. The first-order valence-electron chi connectivity index (χ1n) is 9.18. The average Bonchev–Trinajstić information content (AvgIpc) is 2.77. The second kappa shape index (κ2) is 9.88. The highest BCUT2D eigenvalue weighted by Gasteiger charge is 2.45. The fraction of sp³-hybridized carbons (Fsp3) is 0.300. The van der Waals surface area contributed by atoms with Crippen molar-refractivity contribution in [1.29, 1.82) is 5.53 Å². The molecule has 5 N–H and O–H groups in total. The van der Waals surface area contributed by atoms with E-state index in [0.29, 0.717) is 17.9 Å². The molecule has 2 aromatic rings. The number of aliphatic hydroxyl groups excluding tert-OH is 3. The van der Waals surface area contributed by atoms with Crippen molar-refractivity contribution in [2.24, 2.45) is 5.11 Å². The maximum Gasteiger partial charge on any atom is 0.228 e. The molecule has 0 spiro atoms. The van der Waals surface area contributed by atoms with Crippen molar-refractivity contribution < 1.29 is 38.0 Å². The van der Waals surface area contributed by atoms with Crippen LogP contribution in [0, 0.1) is 23.0 Å². The smallest absolute Gasteiger partial charge is 0.228 e. The number of hydrogen-bond acceptors (Lipinski definition) is 8. The highest BCUT2D eigenvalue weighted by atomic mass is 19.2. The Morgan fingerprint density at radius 3 is 2.35 bits per heavy atom. The van der Waals surface area contributed by atoms with Crippen molar-refractivity contribution in [3.63, 3.8) is 0 Å². The third-order valence-electron chi connectivity index (χ3n) is 4.69. The molecule has 1 saturated heterocycles. The normalized spacial score (nSPS) is 26.4. The van der Waals surface area contributed by atoms with Crippen LogP contribution in [0.4, 0.5) is 13.2 Å². The van der Waals surface area contributed by atoms with Gasteiger partial charge in [0.2, 0.25) is 6.29 Å². The molecule has 166 valence electrons. The van der Waals surface area contributed by atoms with Crippen molar-refractivity contribution in [3.05, 3.63) is 71.7 Å². The Balaban J connectivity index is 1.83. The third kappa shape index (κ3) is 5.02. The summed E-state index contributed by atoms with van der Waals surface area (Å²) in [6.07, 6.45) is -4.25. The van der Waals surface area contributed by atoms with E-state index in [1.54, 1.807) is 30.3 Å². The van der Waals surface area contributed by atoms with E-state index in [1.165, 1.54) is 0 Å². The molecular formula is C20H20F3N3O5. The highest BCUT2D eigenvalue weighted by Crippen LogP contribution is 2.25. The monoisotopic (exact) mass is 439 g/mol. The largest absolute Gasteiger partial charge is 0.462 e. The van der Waals surface area contributed by atoms with Crippen LogP contribution in [0.5, 0.6) is 5.75 Å². The van der Waals surface area contributed by atoms with Gasteiger partial charge in [0, 0.05) is 11.8 Å². The molecule has 8 nitrogen and oxygen atoms in total. The minimum Gasteiger partial charge on any atom is -0.462 e. The third-order valence-corrected chi connectivity index (χ3v) is 4.69. The van der Waals surface area contributed by atoms with E-state index in [1.807, 2.05) is 0 Å². The van der Waals surface area contributed by atoms with Gasteiger partial charge < -0.3 is 30.1 Å². The second-order valence-electron chi connectivity index (χ2n) is 6.73. The minimum absolute atomic E-state index is 0.245. The van der Waals surface area contributed by atoms with E-state index >= 15 is 0 Å². The summed E-state index contributed by atoms with van der Waals surface area (Å²) in [5.74, 6) is -4.23. The lowest BCUT2D eigenvalue weighted by Crippen LogP contribution is -2.64. The van der Waals surface area contributed by atoms with Crippen molar-refractivity contribution >= 4 is 5.70 Å². The van der Waals surface area contributed by atoms with Crippen LogP contribution >= 0.6 is 0 Å². The van der Waals surface area contributed by atoms with Crippen molar-refractivity contribution in [1.82, 2.24) is 5.32 Å². The highest BCUT2D eigenvalue weighted by molar-refractivity contribution is 5.63. The Hall–Kier alpha value is -2.99. The molecule has 1 aliphatic rings. The van der Waals surface area contributed by atoms with Crippen LogP contribution in [0.3, 0.4) is 0 Å². The molecular weight excluding hydrogens is 419 g/mol.